The van der Waals surface area contributed by atoms with Crippen LogP contribution >= 0.6 is 0 Å². The van der Waals surface area contributed by atoms with E-state index in [-0.39, 0.29) is 31.2 Å². The summed E-state index contributed by atoms with van der Waals surface area (Å²) in [6.07, 6.45) is 2.08. The van der Waals surface area contributed by atoms with Crippen molar-refractivity contribution in [3.63, 3.8) is 0 Å². The summed E-state index contributed by atoms with van der Waals surface area (Å²) in [6.45, 7) is 8.93. The van der Waals surface area contributed by atoms with Gasteiger partial charge < -0.3 is 18.8 Å². The average molecular weight is 481 g/mol. The molecule has 0 aliphatic rings. The van der Waals surface area contributed by atoms with Gasteiger partial charge in [-0.25, -0.2) is 4.98 Å². The van der Waals surface area contributed by atoms with Crippen molar-refractivity contribution in [2.45, 2.75) is 65.0 Å². The molecular weight excluding hydrogens is 448 g/mol. The SMILES string of the molecule is CCOC(=O)C(C)(c1nc(CCC(=O)OC(C)(C)C)cn1Cc1ccc(OC)cc1)C(C#N)C#N. The molecule has 0 radical (unpaired) electrons. The quantitative estimate of drug-likeness (QED) is 0.471. The van der Waals surface area contributed by atoms with Crippen molar-refractivity contribution in [3.05, 3.63) is 47.5 Å². The topological polar surface area (TPSA) is 127 Å². The second-order valence-electron chi connectivity index (χ2n) is 9.23. The van der Waals surface area contributed by atoms with Crippen LogP contribution in [0.5, 0.6) is 5.75 Å². The molecule has 1 atom stereocenters. The van der Waals surface area contributed by atoms with Crippen LogP contribution in [0.2, 0.25) is 0 Å². The number of imidazole rings is 1. The molecule has 0 amide bonds. The number of hydrogen-bond acceptors (Lipinski definition) is 8. The first-order valence-electron chi connectivity index (χ1n) is 11.4. The van der Waals surface area contributed by atoms with E-state index in [1.165, 1.54) is 6.92 Å². The van der Waals surface area contributed by atoms with Gasteiger partial charge in [0.15, 0.2) is 11.3 Å². The first kappa shape index (κ1) is 27.4. The number of carbonyl (C=O) groups is 2. The molecule has 1 aromatic carbocycles. The highest BCUT2D eigenvalue weighted by molar-refractivity contribution is 5.83. The Morgan fingerprint density at radius 2 is 1.74 bits per heavy atom. The van der Waals surface area contributed by atoms with Gasteiger partial charge in [-0.05, 0) is 52.3 Å². The maximum absolute atomic E-state index is 13.1. The van der Waals surface area contributed by atoms with Gasteiger partial charge >= 0.3 is 11.9 Å². The standard InChI is InChI=1S/C26H32N4O5/c1-7-34-24(32)26(5,19(14-27)15-28)23-29-20(10-13-22(31)35-25(2,3)4)17-30(23)16-18-8-11-21(33-6)12-9-18/h8-9,11-12,17,19H,7,10,13,16H2,1-6H3. The van der Waals surface area contributed by atoms with E-state index in [1.54, 1.807) is 45.6 Å². The summed E-state index contributed by atoms with van der Waals surface area (Å²) in [4.78, 5) is 29.9. The largest absolute Gasteiger partial charge is 0.497 e. The van der Waals surface area contributed by atoms with Crippen LogP contribution < -0.4 is 4.74 Å². The van der Waals surface area contributed by atoms with E-state index in [4.69, 9.17) is 14.2 Å². The molecule has 1 unspecified atom stereocenters. The van der Waals surface area contributed by atoms with E-state index >= 15 is 0 Å². The van der Waals surface area contributed by atoms with E-state index in [1.807, 2.05) is 36.4 Å². The van der Waals surface area contributed by atoms with Gasteiger partial charge in [0.1, 0.15) is 17.2 Å². The molecular formula is C26H32N4O5. The molecule has 2 aromatic rings. The first-order chi connectivity index (χ1) is 16.5. The van der Waals surface area contributed by atoms with Crippen molar-refractivity contribution in [1.82, 2.24) is 9.55 Å². The van der Waals surface area contributed by atoms with Gasteiger partial charge in [0, 0.05) is 19.2 Å². The number of esters is 2. The number of benzene rings is 1. The van der Waals surface area contributed by atoms with Gasteiger partial charge in [-0.1, -0.05) is 12.1 Å². The van der Waals surface area contributed by atoms with Crippen LogP contribution in [0.25, 0.3) is 0 Å². The van der Waals surface area contributed by atoms with Gasteiger partial charge in [0.05, 0.1) is 38.0 Å². The third kappa shape index (κ3) is 6.83. The highest BCUT2D eigenvalue weighted by atomic mass is 16.6. The molecule has 1 heterocycles. The van der Waals surface area contributed by atoms with Crippen LogP contribution in [-0.4, -0.2) is 40.8 Å². The zero-order valence-electron chi connectivity index (χ0n) is 21.1. The van der Waals surface area contributed by atoms with Gasteiger partial charge in [0.25, 0.3) is 0 Å². The number of ether oxygens (including phenoxy) is 3. The number of aromatic nitrogens is 2. The Bertz CT molecular complexity index is 1100. The minimum atomic E-state index is -1.64. The number of rotatable bonds is 10. The van der Waals surface area contributed by atoms with Crippen molar-refractivity contribution in [2.24, 2.45) is 5.92 Å². The van der Waals surface area contributed by atoms with Crippen LogP contribution in [-0.2, 0) is 37.4 Å². The number of carbonyl (C=O) groups excluding carboxylic acids is 2. The van der Waals surface area contributed by atoms with Gasteiger partial charge in [-0.15, -0.1) is 0 Å². The van der Waals surface area contributed by atoms with Crippen molar-refractivity contribution < 1.29 is 23.8 Å². The molecule has 0 bridgehead atoms. The van der Waals surface area contributed by atoms with E-state index < -0.39 is 22.9 Å². The molecule has 186 valence electrons. The second kappa shape index (κ2) is 11.5. The van der Waals surface area contributed by atoms with Crippen LogP contribution in [0.4, 0.5) is 0 Å². The fourth-order valence-corrected chi connectivity index (χ4v) is 3.58. The summed E-state index contributed by atoms with van der Waals surface area (Å²) >= 11 is 0. The van der Waals surface area contributed by atoms with Gasteiger partial charge in [0.2, 0.25) is 0 Å². The molecule has 35 heavy (non-hydrogen) atoms. The smallest absolute Gasteiger partial charge is 0.321 e. The molecule has 0 aliphatic carbocycles. The number of methoxy groups -OCH3 is 1. The summed E-state index contributed by atoms with van der Waals surface area (Å²) in [5.41, 5.74) is -0.828. The Kier molecular flexibility index (Phi) is 9.02. The predicted octanol–water partition coefficient (Wildman–Crippen LogP) is 3.70. The lowest BCUT2D eigenvalue weighted by Crippen LogP contribution is -2.43. The van der Waals surface area contributed by atoms with Gasteiger partial charge in [-0.2, -0.15) is 10.5 Å². The fourth-order valence-electron chi connectivity index (χ4n) is 3.58. The van der Waals surface area contributed by atoms with Crippen LogP contribution in [0.3, 0.4) is 0 Å². The second-order valence-corrected chi connectivity index (χ2v) is 9.23. The Balaban J connectivity index is 2.52. The van der Waals surface area contributed by atoms with Crippen LogP contribution in [0.1, 0.15) is 58.1 Å². The third-order valence-electron chi connectivity index (χ3n) is 5.34. The zero-order chi connectivity index (χ0) is 26.2. The van der Waals surface area contributed by atoms with Crippen LogP contribution in [0.15, 0.2) is 30.5 Å². The third-order valence-corrected chi connectivity index (χ3v) is 5.34. The summed E-state index contributed by atoms with van der Waals surface area (Å²) in [6, 6.07) is 11.2. The lowest BCUT2D eigenvalue weighted by atomic mass is 9.77. The van der Waals surface area contributed by atoms with Crippen molar-refractivity contribution in [1.29, 1.82) is 10.5 Å². The highest BCUT2D eigenvalue weighted by Gasteiger charge is 2.49. The molecule has 2 rings (SSSR count). The highest BCUT2D eigenvalue weighted by Crippen LogP contribution is 2.34. The number of nitrogens with zero attached hydrogens (tertiary/aromatic N) is 4. The summed E-state index contributed by atoms with van der Waals surface area (Å²) in [7, 11) is 1.58. The fraction of sp³-hybridized carbons (Fsp3) is 0.500. The monoisotopic (exact) mass is 480 g/mol. The minimum absolute atomic E-state index is 0.0860. The normalized spacial score (nSPS) is 12.8. The molecule has 0 aliphatic heterocycles. The minimum Gasteiger partial charge on any atom is -0.497 e. The summed E-state index contributed by atoms with van der Waals surface area (Å²) in [5.74, 6) is -1.50. The molecule has 1 aromatic heterocycles. The van der Waals surface area contributed by atoms with E-state index in [0.29, 0.717) is 18.0 Å². The van der Waals surface area contributed by atoms with Crippen molar-refractivity contribution in [3.8, 4) is 17.9 Å². The Labute approximate surface area is 206 Å². The molecule has 9 nitrogen and oxygen atoms in total. The van der Waals surface area contributed by atoms with Gasteiger partial charge in [-0.3, -0.25) is 9.59 Å². The lowest BCUT2D eigenvalue weighted by Gasteiger charge is -2.28. The predicted molar refractivity (Wildman–Crippen MR) is 127 cm³/mol. The zero-order valence-corrected chi connectivity index (χ0v) is 21.1. The van der Waals surface area contributed by atoms with E-state index in [0.717, 1.165) is 5.56 Å². The number of hydrogen-bond donors (Lipinski definition) is 0. The number of nitriles is 2. The molecule has 9 heteroatoms. The lowest BCUT2D eigenvalue weighted by molar-refractivity contribution is -0.155. The first-order valence-corrected chi connectivity index (χ1v) is 11.4. The van der Waals surface area contributed by atoms with E-state index in [2.05, 4.69) is 4.98 Å². The Hall–Kier alpha value is -3.85. The summed E-state index contributed by atoms with van der Waals surface area (Å²) in [5, 5.41) is 19.4. The van der Waals surface area contributed by atoms with E-state index in [9.17, 15) is 20.1 Å². The Morgan fingerprint density at radius 1 is 1.11 bits per heavy atom. The summed E-state index contributed by atoms with van der Waals surface area (Å²) < 4.78 is 17.6. The Morgan fingerprint density at radius 3 is 2.26 bits per heavy atom. The molecule has 0 spiro atoms. The number of aryl methyl sites for hydroxylation is 1. The maximum Gasteiger partial charge on any atom is 0.321 e. The molecule has 0 saturated carbocycles. The average Bonchev–Trinajstić information content (AvgIpc) is 3.21. The van der Waals surface area contributed by atoms with Crippen molar-refractivity contribution in [2.75, 3.05) is 13.7 Å². The van der Waals surface area contributed by atoms with Crippen molar-refractivity contribution >= 4 is 11.9 Å². The van der Waals surface area contributed by atoms with Crippen LogP contribution in [0, 0.1) is 28.6 Å². The maximum atomic E-state index is 13.1. The molecule has 0 saturated heterocycles. The molecule has 0 N–H and O–H groups in total. The molecule has 0 fully saturated rings.